The highest BCUT2D eigenvalue weighted by atomic mass is 16.1. The summed E-state index contributed by atoms with van der Waals surface area (Å²) in [6.07, 6.45) is 0. The first-order valence-electron chi connectivity index (χ1n) is 6.50. The fraction of sp³-hybridized carbons (Fsp3) is 0.125. The van der Waals surface area contributed by atoms with Crippen molar-refractivity contribution in [3.05, 3.63) is 71.8 Å². The molecule has 3 rings (SSSR count). The Balaban J connectivity index is 1.92. The highest BCUT2D eigenvalue weighted by molar-refractivity contribution is 6.04. The number of ketones is 1. The summed E-state index contributed by atoms with van der Waals surface area (Å²) in [7, 11) is 0. The predicted octanol–water partition coefficient (Wildman–Crippen LogP) is 1.90. The average Bonchev–Trinajstić information content (AvgIpc) is 2.90. The number of hydrogen-bond acceptors (Lipinski definition) is 4. The maximum atomic E-state index is 12.6. The van der Waals surface area contributed by atoms with Gasteiger partial charge in [-0.3, -0.25) is 4.79 Å². The van der Waals surface area contributed by atoms with Crippen LogP contribution in [0.2, 0.25) is 0 Å². The van der Waals surface area contributed by atoms with E-state index in [9.17, 15) is 4.79 Å². The monoisotopic (exact) mass is 265 g/mol. The van der Waals surface area contributed by atoms with Gasteiger partial charge < -0.3 is 11.1 Å². The van der Waals surface area contributed by atoms with Crippen molar-refractivity contribution in [1.82, 2.24) is 5.32 Å². The van der Waals surface area contributed by atoms with Gasteiger partial charge in [-0.15, -0.1) is 0 Å². The molecule has 0 saturated heterocycles. The quantitative estimate of drug-likeness (QED) is 0.833. The molecule has 0 radical (unpaired) electrons. The Kier molecular flexibility index (Phi) is 3.21. The molecular formula is C16H15N3O. The number of benzene rings is 2. The van der Waals surface area contributed by atoms with Gasteiger partial charge in [0.2, 0.25) is 0 Å². The molecule has 0 bridgehead atoms. The van der Waals surface area contributed by atoms with Crippen molar-refractivity contribution in [2.45, 2.75) is 12.1 Å². The number of hydrogen-bond donors (Lipinski definition) is 2. The van der Waals surface area contributed by atoms with E-state index in [1.807, 2.05) is 48.5 Å². The van der Waals surface area contributed by atoms with Crippen LogP contribution < -0.4 is 11.1 Å². The van der Waals surface area contributed by atoms with E-state index < -0.39 is 6.04 Å². The van der Waals surface area contributed by atoms with Gasteiger partial charge in [0.15, 0.2) is 11.7 Å². The first kappa shape index (κ1) is 12.4. The molecular weight excluding hydrogens is 250 g/mol. The number of nitrogens with two attached hydrogens (primary N) is 1. The second-order valence-corrected chi connectivity index (χ2v) is 4.72. The molecule has 2 aromatic carbocycles. The van der Waals surface area contributed by atoms with E-state index in [4.69, 9.17) is 5.73 Å². The fourth-order valence-electron chi connectivity index (χ4n) is 2.41. The zero-order chi connectivity index (χ0) is 13.9. The van der Waals surface area contributed by atoms with Crippen molar-refractivity contribution < 1.29 is 4.79 Å². The second kappa shape index (κ2) is 5.17. The van der Waals surface area contributed by atoms with Crippen LogP contribution in [0.5, 0.6) is 0 Å². The minimum absolute atomic E-state index is 0.00338. The van der Waals surface area contributed by atoms with Crippen LogP contribution in [0.25, 0.3) is 0 Å². The van der Waals surface area contributed by atoms with Gasteiger partial charge in [0.25, 0.3) is 0 Å². The van der Waals surface area contributed by atoms with E-state index in [1.54, 1.807) is 12.1 Å². The van der Waals surface area contributed by atoms with Crippen LogP contribution in [0, 0.1) is 0 Å². The van der Waals surface area contributed by atoms with Crippen molar-refractivity contribution >= 4 is 11.7 Å². The van der Waals surface area contributed by atoms with E-state index in [1.165, 1.54) is 0 Å². The van der Waals surface area contributed by atoms with Gasteiger partial charge in [-0.1, -0.05) is 60.7 Å². The molecule has 0 saturated carbocycles. The third-order valence-electron chi connectivity index (χ3n) is 3.38. The predicted molar refractivity (Wildman–Crippen MR) is 78.5 cm³/mol. The van der Waals surface area contributed by atoms with Crippen LogP contribution in [0.1, 0.15) is 22.0 Å². The van der Waals surface area contributed by atoms with Crippen molar-refractivity contribution in [2.24, 2.45) is 10.7 Å². The molecule has 4 heteroatoms. The Labute approximate surface area is 117 Å². The van der Waals surface area contributed by atoms with E-state index >= 15 is 0 Å². The molecule has 1 aliphatic rings. The van der Waals surface area contributed by atoms with Crippen LogP contribution in [0.4, 0.5) is 0 Å². The maximum absolute atomic E-state index is 12.6. The lowest BCUT2D eigenvalue weighted by atomic mass is 9.94. The summed E-state index contributed by atoms with van der Waals surface area (Å²) in [5.41, 5.74) is 7.40. The number of nitrogens with one attached hydrogen (secondary N) is 1. The normalized spacial score (nSPS) is 21.1. The lowest BCUT2D eigenvalue weighted by molar-refractivity contribution is 0.0945. The molecule has 0 fully saturated rings. The molecule has 2 aromatic rings. The second-order valence-electron chi connectivity index (χ2n) is 4.72. The van der Waals surface area contributed by atoms with Gasteiger partial charge >= 0.3 is 0 Å². The summed E-state index contributed by atoms with van der Waals surface area (Å²) in [6.45, 7) is 0. The largest absolute Gasteiger partial charge is 0.370 e. The Morgan fingerprint density at radius 1 is 1.00 bits per heavy atom. The summed E-state index contributed by atoms with van der Waals surface area (Å²) >= 11 is 0. The van der Waals surface area contributed by atoms with E-state index in [0.29, 0.717) is 11.5 Å². The van der Waals surface area contributed by atoms with E-state index in [2.05, 4.69) is 10.3 Å². The third-order valence-corrected chi connectivity index (χ3v) is 3.38. The minimum Gasteiger partial charge on any atom is -0.370 e. The van der Waals surface area contributed by atoms with E-state index in [0.717, 1.165) is 5.56 Å². The zero-order valence-electron chi connectivity index (χ0n) is 10.9. The van der Waals surface area contributed by atoms with Crippen molar-refractivity contribution in [2.75, 3.05) is 0 Å². The first-order valence-corrected chi connectivity index (χ1v) is 6.50. The Hall–Kier alpha value is -2.62. The molecule has 2 atom stereocenters. The van der Waals surface area contributed by atoms with E-state index in [-0.39, 0.29) is 11.8 Å². The number of nitrogens with zero attached hydrogens (tertiary/aromatic N) is 1. The van der Waals surface area contributed by atoms with Crippen molar-refractivity contribution in [3.8, 4) is 0 Å². The summed E-state index contributed by atoms with van der Waals surface area (Å²) < 4.78 is 0. The Bertz CT molecular complexity index is 637. The van der Waals surface area contributed by atoms with Gasteiger partial charge in [-0.2, -0.15) is 0 Å². The average molecular weight is 265 g/mol. The summed E-state index contributed by atoms with van der Waals surface area (Å²) in [4.78, 5) is 16.9. The third kappa shape index (κ3) is 2.28. The SMILES string of the molecule is NC1=NC(c2ccccc2)C(C(=O)c2ccccc2)N1. The number of guanidine groups is 1. The van der Waals surface area contributed by atoms with Gasteiger partial charge in [0, 0.05) is 5.56 Å². The highest BCUT2D eigenvalue weighted by Crippen LogP contribution is 2.26. The molecule has 1 heterocycles. The molecule has 100 valence electrons. The maximum Gasteiger partial charge on any atom is 0.189 e. The fourth-order valence-corrected chi connectivity index (χ4v) is 2.41. The van der Waals surface area contributed by atoms with Gasteiger partial charge in [0.05, 0.1) is 0 Å². The number of rotatable bonds is 3. The molecule has 4 nitrogen and oxygen atoms in total. The summed E-state index contributed by atoms with van der Waals surface area (Å²) in [5.74, 6) is 0.316. The topological polar surface area (TPSA) is 67.5 Å². The minimum atomic E-state index is -0.445. The van der Waals surface area contributed by atoms with Gasteiger partial charge in [-0.05, 0) is 5.56 Å². The van der Waals surface area contributed by atoms with Crippen LogP contribution in [0.15, 0.2) is 65.7 Å². The summed E-state index contributed by atoms with van der Waals surface area (Å²) in [5, 5.41) is 2.98. The number of aliphatic imine (C=N–C) groups is 1. The molecule has 3 N–H and O–H groups in total. The number of carbonyl (C=O) groups excluding carboxylic acids is 1. The van der Waals surface area contributed by atoms with Gasteiger partial charge in [0.1, 0.15) is 12.1 Å². The number of Topliss-reactive ketones (excluding diaryl/α,β-unsaturated/α-hetero) is 1. The Morgan fingerprint density at radius 2 is 1.60 bits per heavy atom. The molecule has 0 amide bonds. The van der Waals surface area contributed by atoms with Crippen LogP contribution in [0.3, 0.4) is 0 Å². The number of carbonyl (C=O) groups is 1. The standard InChI is InChI=1S/C16H15N3O/c17-16-18-13(11-7-3-1-4-8-11)14(19-16)15(20)12-9-5-2-6-10-12/h1-10,13-14H,(H3,17,18,19). The molecule has 1 aliphatic heterocycles. The summed E-state index contributed by atoms with van der Waals surface area (Å²) in [6, 6.07) is 18.2. The lowest BCUT2D eigenvalue weighted by Gasteiger charge is -2.17. The van der Waals surface area contributed by atoms with Crippen molar-refractivity contribution in [3.63, 3.8) is 0 Å². The molecule has 0 spiro atoms. The first-order chi connectivity index (χ1) is 9.75. The van der Waals surface area contributed by atoms with Crippen LogP contribution in [-0.2, 0) is 0 Å². The lowest BCUT2D eigenvalue weighted by Crippen LogP contribution is -2.41. The smallest absolute Gasteiger partial charge is 0.189 e. The van der Waals surface area contributed by atoms with Gasteiger partial charge in [-0.25, -0.2) is 4.99 Å². The van der Waals surface area contributed by atoms with Crippen LogP contribution in [-0.4, -0.2) is 17.8 Å². The Morgan fingerprint density at radius 3 is 2.25 bits per heavy atom. The molecule has 0 aromatic heterocycles. The van der Waals surface area contributed by atoms with Crippen LogP contribution >= 0.6 is 0 Å². The highest BCUT2D eigenvalue weighted by Gasteiger charge is 2.34. The zero-order valence-corrected chi connectivity index (χ0v) is 10.9. The van der Waals surface area contributed by atoms with Crippen molar-refractivity contribution in [1.29, 1.82) is 0 Å². The molecule has 2 unspecified atom stereocenters. The molecule has 20 heavy (non-hydrogen) atoms. The molecule has 0 aliphatic carbocycles.